The molecule has 2 heteroatoms. The Bertz CT molecular complexity index is 4470. The van der Waals surface area contributed by atoms with Crippen LogP contribution >= 0.6 is 0 Å². The van der Waals surface area contributed by atoms with Gasteiger partial charge in [-0.2, -0.15) is 0 Å². The second-order valence-electron chi connectivity index (χ2n) is 23.6. The van der Waals surface area contributed by atoms with E-state index in [2.05, 4.69) is 267 Å². The molecule has 5 unspecified atom stereocenters. The lowest BCUT2D eigenvalue weighted by molar-refractivity contribution is -0.144. The number of benzene rings is 11. The molecule has 0 saturated heterocycles. The summed E-state index contributed by atoms with van der Waals surface area (Å²) in [5.74, 6) is 3.93. The smallest absolute Gasteiger partial charge is 0.160 e. The number of hydrogen-bond acceptors (Lipinski definition) is 2. The molecule has 3 fully saturated rings. The van der Waals surface area contributed by atoms with Gasteiger partial charge in [0, 0.05) is 16.7 Å². The number of nitrogens with zero attached hydrogens (tertiary/aromatic N) is 2. The number of rotatable bonds is 7. The highest BCUT2D eigenvalue weighted by Gasteiger charge is 2.70. The number of hydrogen-bond donors (Lipinski definition) is 0. The van der Waals surface area contributed by atoms with Crippen molar-refractivity contribution >= 4 is 0 Å². The fraction of sp³-hybridized carbons (Fsp3) is 0.114. The van der Waals surface area contributed by atoms with E-state index in [0.29, 0.717) is 23.1 Å². The molecule has 2 bridgehead atoms. The SMILES string of the molecule is c1ccc(-c2ccc(-c3ccc(-c4cc(-c5ccc6c(c5)-c5ccccc5-c5ccccc5-c5ccccc5-6)nc(-c5cccc(-c6ccc(-c7ccc8c(c7)-c7ccccc7C7CC9CC%10CC8C9%10C7)cc6)c5)n4)cc3)cc2)cc1. The highest BCUT2D eigenvalue weighted by Crippen LogP contribution is 2.80. The van der Waals surface area contributed by atoms with Gasteiger partial charge in [-0.3, -0.25) is 0 Å². The molecule has 0 aliphatic heterocycles. The predicted molar refractivity (Wildman–Crippen MR) is 334 cm³/mol. The van der Waals surface area contributed by atoms with Crippen molar-refractivity contribution in [3.8, 4) is 134 Å². The number of fused-ring (bicyclic) bond motifs is 14. The Morgan fingerprint density at radius 1 is 0.259 bits per heavy atom. The van der Waals surface area contributed by atoms with Crippen LogP contribution in [0.3, 0.4) is 0 Å². The molecule has 0 radical (unpaired) electrons. The minimum Gasteiger partial charge on any atom is -0.228 e. The summed E-state index contributed by atoms with van der Waals surface area (Å²) < 4.78 is 0. The van der Waals surface area contributed by atoms with Crippen LogP contribution in [-0.4, -0.2) is 9.97 Å². The third-order valence-electron chi connectivity index (χ3n) is 19.7. The van der Waals surface area contributed by atoms with Crippen molar-refractivity contribution in [1.82, 2.24) is 9.97 Å². The fourth-order valence-corrected chi connectivity index (χ4v) is 15.8. The van der Waals surface area contributed by atoms with Gasteiger partial charge in [0.2, 0.25) is 0 Å². The molecule has 5 aliphatic rings. The molecule has 382 valence electrons. The Hall–Kier alpha value is -9.50. The average Bonchev–Trinajstić information content (AvgIpc) is 1.92. The minimum atomic E-state index is 0.552. The van der Waals surface area contributed by atoms with Gasteiger partial charge < -0.3 is 0 Å². The van der Waals surface area contributed by atoms with Gasteiger partial charge in [-0.25, -0.2) is 9.97 Å². The van der Waals surface area contributed by atoms with Crippen molar-refractivity contribution in [2.24, 2.45) is 17.3 Å². The summed E-state index contributed by atoms with van der Waals surface area (Å²) in [7, 11) is 0. The van der Waals surface area contributed by atoms with E-state index in [0.717, 1.165) is 56.6 Å². The molecule has 1 spiro atoms. The van der Waals surface area contributed by atoms with Crippen molar-refractivity contribution in [1.29, 1.82) is 0 Å². The molecule has 5 aliphatic carbocycles. The van der Waals surface area contributed by atoms with Crippen LogP contribution in [0, 0.1) is 17.3 Å². The summed E-state index contributed by atoms with van der Waals surface area (Å²) in [5, 5.41) is 0. The summed E-state index contributed by atoms with van der Waals surface area (Å²) in [6.45, 7) is 0. The van der Waals surface area contributed by atoms with Crippen LogP contribution in [0.1, 0.15) is 48.6 Å². The van der Waals surface area contributed by atoms with Gasteiger partial charge in [-0.1, -0.05) is 243 Å². The molecular weight excluding hydrogens is 977 g/mol. The van der Waals surface area contributed by atoms with Crippen LogP contribution in [0.5, 0.6) is 0 Å². The Morgan fingerprint density at radius 2 is 0.679 bits per heavy atom. The van der Waals surface area contributed by atoms with Crippen LogP contribution in [0.4, 0.5) is 0 Å². The van der Waals surface area contributed by atoms with E-state index < -0.39 is 0 Å². The lowest BCUT2D eigenvalue weighted by Gasteiger charge is -2.67. The van der Waals surface area contributed by atoms with Gasteiger partial charge in [0.05, 0.1) is 11.4 Å². The van der Waals surface area contributed by atoms with Crippen molar-refractivity contribution < 1.29 is 0 Å². The summed E-state index contributed by atoms with van der Waals surface area (Å²) in [6.07, 6.45) is 5.59. The maximum atomic E-state index is 5.50. The summed E-state index contributed by atoms with van der Waals surface area (Å²) >= 11 is 0. The zero-order chi connectivity index (χ0) is 53.2. The molecule has 0 amide bonds. The van der Waals surface area contributed by atoms with E-state index in [-0.39, 0.29) is 0 Å². The monoisotopic (exact) mass is 1030 g/mol. The molecule has 0 N–H and O–H groups in total. The van der Waals surface area contributed by atoms with E-state index in [4.69, 9.17) is 9.97 Å². The standard InChI is InChI=1S/C79H56N2/c1-2-13-49(14-3-1)50-25-27-51(28-26-50)52-33-35-55(36-34-52)76-47-77(58-38-39-71-69-23-9-8-21-67(69)65-19-6-7-20-66(65)68-22-10-11-24-70(68)73(71)44-58)81-78(80-76)59-16-12-15-56(41-59)53-29-31-54(32-30-53)57-37-40-72-74(43-57)64-18-5-4-17-63(64)60-42-61-45-62-46-75(72)79(61,62)48-60/h1-41,43-44,47,60-62,75H,42,45-46,48H2. The molecule has 12 aromatic rings. The molecule has 11 aromatic carbocycles. The normalized spacial score (nSPS) is 19.2. The predicted octanol–water partition coefficient (Wildman–Crippen LogP) is 20.8. The van der Waals surface area contributed by atoms with Gasteiger partial charge in [-0.05, 0) is 190 Å². The van der Waals surface area contributed by atoms with E-state index in [1.165, 1.54) is 109 Å². The van der Waals surface area contributed by atoms with E-state index in [1.807, 2.05) is 0 Å². The van der Waals surface area contributed by atoms with E-state index >= 15 is 0 Å². The third kappa shape index (κ3) is 7.40. The minimum absolute atomic E-state index is 0.552. The molecule has 2 nitrogen and oxygen atoms in total. The zero-order valence-electron chi connectivity index (χ0n) is 44.9. The zero-order valence-corrected chi connectivity index (χ0v) is 44.9. The molecule has 5 atom stereocenters. The molecule has 3 saturated carbocycles. The Balaban J connectivity index is 0.749. The van der Waals surface area contributed by atoms with Crippen molar-refractivity contribution in [2.75, 3.05) is 0 Å². The quantitative estimate of drug-likeness (QED) is 0.159. The van der Waals surface area contributed by atoms with Crippen LogP contribution in [0.25, 0.3) is 134 Å². The Kier molecular flexibility index (Phi) is 10.5. The first-order valence-electron chi connectivity index (χ1n) is 29.1. The first kappa shape index (κ1) is 46.4. The van der Waals surface area contributed by atoms with Gasteiger partial charge in [0.1, 0.15) is 0 Å². The Morgan fingerprint density at radius 3 is 1.28 bits per heavy atom. The highest BCUT2D eigenvalue weighted by molar-refractivity contribution is 6.04. The Labute approximate surface area is 474 Å². The first-order chi connectivity index (χ1) is 40.1. The second-order valence-corrected chi connectivity index (χ2v) is 23.6. The van der Waals surface area contributed by atoms with E-state index in [1.54, 1.807) is 11.1 Å². The van der Waals surface area contributed by atoms with Gasteiger partial charge >= 0.3 is 0 Å². The molecule has 1 heterocycles. The maximum absolute atomic E-state index is 5.50. The van der Waals surface area contributed by atoms with Gasteiger partial charge in [0.15, 0.2) is 5.82 Å². The second kappa shape index (κ2) is 18.3. The highest BCUT2D eigenvalue weighted by atomic mass is 14.9. The summed E-state index contributed by atoms with van der Waals surface area (Å²) in [6, 6.07) is 98.7. The van der Waals surface area contributed by atoms with Crippen LogP contribution < -0.4 is 0 Å². The van der Waals surface area contributed by atoms with Crippen molar-refractivity contribution in [2.45, 2.75) is 37.5 Å². The van der Waals surface area contributed by atoms with Crippen molar-refractivity contribution in [3.05, 3.63) is 278 Å². The van der Waals surface area contributed by atoms with Gasteiger partial charge in [0.25, 0.3) is 0 Å². The van der Waals surface area contributed by atoms with E-state index in [9.17, 15) is 0 Å². The van der Waals surface area contributed by atoms with Crippen LogP contribution in [0.15, 0.2) is 267 Å². The molecule has 1 aromatic heterocycles. The number of aromatic nitrogens is 2. The average molecular weight is 1030 g/mol. The fourth-order valence-electron chi connectivity index (χ4n) is 15.8. The topological polar surface area (TPSA) is 25.8 Å². The molecular formula is C79H56N2. The molecule has 17 rings (SSSR count). The summed E-state index contributed by atoms with van der Waals surface area (Å²) in [5.41, 5.74) is 30.8. The van der Waals surface area contributed by atoms with Crippen molar-refractivity contribution in [3.63, 3.8) is 0 Å². The lowest BCUT2D eigenvalue weighted by atomic mass is 9.37. The maximum Gasteiger partial charge on any atom is 0.160 e. The largest absolute Gasteiger partial charge is 0.228 e. The van der Waals surface area contributed by atoms with Crippen LogP contribution in [-0.2, 0) is 0 Å². The first-order valence-corrected chi connectivity index (χ1v) is 29.1. The van der Waals surface area contributed by atoms with Crippen LogP contribution in [0.2, 0.25) is 0 Å². The molecule has 81 heavy (non-hydrogen) atoms. The third-order valence-corrected chi connectivity index (χ3v) is 19.7. The lowest BCUT2D eigenvalue weighted by Crippen LogP contribution is -2.58. The summed E-state index contributed by atoms with van der Waals surface area (Å²) in [4.78, 5) is 10.9. The van der Waals surface area contributed by atoms with Gasteiger partial charge in [-0.15, -0.1) is 0 Å².